The Morgan fingerprint density at radius 3 is 2.42 bits per heavy atom. The van der Waals surface area contributed by atoms with Gasteiger partial charge in [0.25, 0.3) is 0 Å². The van der Waals surface area contributed by atoms with Crippen LogP contribution in [0.15, 0.2) is 0 Å². The molecule has 3 N–H and O–H groups in total. The monoisotopic (exact) mass is 275 g/mol. The molecule has 1 unspecified atom stereocenters. The lowest BCUT2D eigenvalue weighted by Gasteiger charge is -2.26. The van der Waals surface area contributed by atoms with E-state index >= 15 is 0 Å². The van der Waals surface area contributed by atoms with Crippen LogP contribution in [0, 0.1) is 0 Å². The Bertz CT molecular complexity index is 285. The SMILES string of the molecule is CCOC(=O)C(=O)CCCC(CCN)OC(C)(C)O. The molecule has 0 saturated heterocycles. The van der Waals surface area contributed by atoms with Crippen LogP contribution in [0.25, 0.3) is 0 Å². The van der Waals surface area contributed by atoms with Crippen molar-refractivity contribution < 1.29 is 24.2 Å². The van der Waals surface area contributed by atoms with Crippen LogP contribution in [0.2, 0.25) is 0 Å². The number of Topliss-reactive ketones (excluding diaryl/α,β-unsaturated/α-hetero) is 1. The number of aliphatic hydroxyl groups is 1. The number of nitrogens with two attached hydrogens (primary N) is 1. The number of carbonyl (C=O) groups is 2. The normalized spacial score (nSPS) is 13.1. The molecule has 6 heteroatoms. The number of ether oxygens (including phenoxy) is 2. The van der Waals surface area contributed by atoms with E-state index in [2.05, 4.69) is 4.74 Å². The van der Waals surface area contributed by atoms with E-state index in [1.807, 2.05) is 0 Å². The van der Waals surface area contributed by atoms with Crippen molar-refractivity contribution >= 4 is 11.8 Å². The molecule has 19 heavy (non-hydrogen) atoms. The van der Waals surface area contributed by atoms with E-state index in [1.54, 1.807) is 20.8 Å². The van der Waals surface area contributed by atoms with Gasteiger partial charge in [-0.3, -0.25) is 4.79 Å². The summed E-state index contributed by atoms with van der Waals surface area (Å²) in [5.41, 5.74) is 5.46. The first kappa shape index (κ1) is 18.0. The van der Waals surface area contributed by atoms with Gasteiger partial charge in [0.1, 0.15) is 0 Å². The van der Waals surface area contributed by atoms with Crippen LogP contribution in [-0.2, 0) is 19.1 Å². The standard InChI is InChI=1S/C13H25NO5/c1-4-18-12(16)11(15)7-5-6-10(8-9-14)19-13(2,3)17/h10,17H,4-9,14H2,1-3H3. The second kappa shape index (κ2) is 9.01. The third-order valence-corrected chi connectivity index (χ3v) is 2.38. The molecule has 0 aliphatic carbocycles. The summed E-state index contributed by atoms with van der Waals surface area (Å²) in [6.07, 6.45) is 1.55. The molecule has 0 aromatic rings. The van der Waals surface area contributed by atoms with Gasteiger partial charge in [0.15, 0.2) is 5.79 Å². The Morgan fingerprint density at radius 1 is 1.32 bits per heavy atom. The van der Waals surface area contributed by atoms with E-state index in [0.29, 0.717) is 25.8 Å². The van der Waals surface area contributed by atoms with Gasteiger partial charge in [-0.25, -0.2) is 4.79 Å². The molecule has 0 radical (unpaired) electrons. The molecule has 1 atom stereocenters. The number of esters is 1. The number of rotatable bonds is 10. The summed E-state index contributed by atoms with van der Waals surface area (Å²) in [4.78, 5) is 22.5. The summed E-state index contributed by atoms with van der Waals surface area (Å²) in [5.74, 6) is -2.55. The van der Waals surface area contributed by atoms with Crippen molar-refractivity contribution in [1.29, 1.82) is 0 Å². The largest absolute Gasteiger partial charge is 0.460 e. The predicted molar refractivity (Wildman–Crippen MR) is 70.3 cm³/mol. The highest BCUT2D eigenvalue weighted by Gasteiger charge is 2.21. The number of hydrogen-bond donors (Lipinski definition) is 2. The molecule has 0 bridgehead atoms. The van der Waals surface area contributed by atoms with E-state index in [4.69, 9.17) is 10.5 Å². The molecule has 0 aliphatic heterocycles. The minimum absolute atomic E-state index is 0.120. The zero-order valence-electron chi connectivity index (χ0n) is 12.0. The predicted octanol–water partition coefficient (Wildman–Crippen LogP) is 0.751. The van der Waals surface area contributed by atoms with E-state index in [9.17, 15) is 14.7 Å². The minimum atomic E-state index is -1.23. The summed E-state index contributed by atoms with van der Waals surface area (Å²) >= 11 is 0. The van der Waals surface area contributed by atoms with E-state index in [0.717, 1.165) is 0 Å². The van der Waals surface area contributed by atoms with E-state index < -0.39 is 17.5 Å². The molecule has 0 saturated carbocycles. The molecule has 112 valence electrons. The molecular formula is C13H25NO5. The Balaban J connectivity index is 4.05. The highest BCUT2D eigenvalue weighted by molar-refractivity contribution is 6.33. The molecule has 0 rings (SSSR count). The zero-order chi connectivity index (χ0) is 14.9. The quantitative estimate of drug-likeness (QED) is 0.347. The van der Waals surface area contributed by atoms with Gasteiger partial charge in [0, 0.05) is 6.42 Å². The molecule has 0 aromatic heterocycles. The Labute approximate surface area is 114 Å². The number of carbonyl (C=O) groups excluding carboxylic acids is 2. The summed E-state index contributed by atoms with van der Waals surface area (Å²) in [5, 5.41) is 9.58. The van der Waals surface area contributed by atoms with Gasteiger partial charge in [-0.2, -0.15) is 0 Å². The molecule has 0 aromatic carbocycles. The summed E-state index contributed by atoms with van der Waals surface area (Å²) < 4.78 is 10.0. The molecule has 0 spiro atoms. The lowest BCUT2D eigenvalue weighted by molar-refractivity contribution is -0.207. The molecule has 0 aliphatic rings. The highest BCUT2D eigenvalue weighted by atomic mass is 16.6. The molecule has 6 nitrogen and oxygen atoms in total. The third kappa shape index (κ3) is 9.58. The minimum Gasteiger partial charge on any atom is -0.460 e. The second-order valence-electron chi connectivity index (χ2n) is 4.80. The summed E-state index contributed by atoms with van der Waals surface area (Å²) in [7, 11) is 0. The van der Waals surface area contributed by atoms with Gasteiger partial charge in [-0.05, 0) is 46.6 Å². The first-order valence-corrected chi connectivity index (χ1v) is 6.60. The van der Waals surface area contributed by atoms with Gasteiger partial charge >= 0.3 is 5.97 Å². The van der Waals surface area contributed by atoms with Gasteiger partial charge in [-0.15, -0.1) is 0 Å². The number of ketones is 1. The van der Waals surface area contributed by atoms with Crippen molar-refractivity contribution in [3.8, 4) is 0 Å². The second-order valence-corrected chi connectivity index (χ2v) is 4.80. The smallest absolute Gasteiger partial charge is 0.374 e. The van der Waals surface area contributed by atoms with Gasteiger partial charge < -0.3 is 20.3 Å². The topological polar surface area (TPSA) is 98.9 Å². The fourth-order valence-electron chi connectivity index (χ4n) is 1.66. The first-order chi connectivity index (χ1) is 8.80. The summed E-state index contributed by atoms with van der Waals surface area (Å²) in [6.45, 7) is 5.37. The van der Waals surface area contributed by atoms with Crippen molar-refractivity contribution in [2.24, 2.45) is 5.73 Å². The van der Waals surface area contributed by atoms with Crippen LogP contribution in [0.1, 0.15) is 46.5 Å². The van der Waals surface area contributed by atoms with E-state index in [-0.39, 0.29) is 19.1 Å². The van der Waals surface area contributed by atoms with Crippen LogP contribution in [0.5, 0.6) is 0 Å². The van der Waals surface area contributed by atoms with E-state index in [1.165, 1.54) is 0 Å². The van der Waals surface area contributed by atoms with Crippen LogP contribution in [-0.4, -0.2) is 41.9 Å². The van der Waals surface area contributed by atoms with Crippen LogP contribution in [0.4, 0.5) is 0 Å². The molecule has 0 fully saturated rings. The average molecular weight is 275 g/mol. The molecular weight excluding hydrogens is 250 g/mol. The van der Waals surface area contributed by atoms with Crippen molar-refractivity contribution in [2.75, 3.05) is 13.2 Å². The lowest BCUT2D eigenvalue weighted by atomic mass is 10.1. The van der Waals surface area contributed by atoms with Crippen molar-refractivity contribution in [1.82, 2.24) is 0 Å². The zero-order valence-corrected chi connectivity index (χ0v) is 12.0. The fourth-order valence-corrected chi connectivity index (χ4v) is 1.66. The maximum atomic E-state index is 11.4. The van der Waals surface area contributed by atoms with Crippen molar-refractivity contribution in [2.45, 2.75) is 58.3 Å². The Kier molecular flexibility index (Phi) is 8.54. The van der Waals surface area contributed by atoms with Crippen LogP contribution in [0.3, 0.4) is 0 Å². The molecule has 0 amide bonds. The van der Waals surface area contributed by atoms with Gasteiger partial charge in [-0.1, -0.05) is 0 Å². The van der Waals surface area contributed by atoms with Crippen LogP contribution < -0.4 is 5.73 Å². The fraction of sp³-hybridized carbons (Fsp3) is 0.846. The first-order valence-electron chi connectivity index (χ1n) is 6.60. The van der Waals surface area contributed by atoms with Crippen molar-refractivity contribution in [3.63, 3.8) is 0 Å². The van der Waals surface area contributed by atoms with Gasteiger partial charge in [0.2, 0.25) is 5.78 Å². The van der Waals surface area contributed by atoms with Crippen LogP contribution >= 0.6 is 0 Å². The highest BCUT2D eigenvalue weighted by Crippen LogP contribution is 2.16. The summed E-state index contributed by atoms with van der Waals surface area (Å²) in [6, 6.07) is 0. The average Bonchev–Trinajstić information content (AvgIpc) is 2.27. The van der Waals surface area contributed by atoms with Gasteiger partial charge in [0.05, 0.1) is 12.7 Å². The number of hydrogen-bond acceptors (Lipinski definition) is 6. The lowest BCUT2D eigenvalue weighted by Crippen LogP contribution is -2.31. The third-order valence-electron chi connectivity index (χ3n) is 2.38. The maximum Gasteiger partial charge on any atom is 0.374 e. The Morgan fingerprint density at radius 2 is 1.95 bits per heavy atom. The van der Waals surface area contributed by atoms with Crippen molar-refractivity contribution in [3.05, 3.63) is 0 Å². The maximum absolute atomic E-state index is 11.4. The Hall–Kier alpha value is -0.980. The molecule has 0 heterocycles.